The van der Waals surface area contributed by atoms with Crippen molar-refractivity contribution in [2.24, 2.45) is 11.8 Å². The van der Waals surface area contributed by atoms with Crippen LogP contribution in [0.4, 0.5) is 5.69 Å². The Morgan fingerprint density at radius 3 is 2.48 bits per heavy atom. The van der Waals surface area contributed by atoms with Gasteiger partial charge in [-0.25, -0.2) is 4.98 Å². The number of anilines is 1. The Labute approximate surface area is 169 Å². The number of hydrogen-bond acceptors (Lipinski definition) is 4. The molecule has 4 rings (SSSR count). The number of pyridine rings is 1. The lowest BCUT2D eigenvalue weighted by atomic mass is 9.81. The molecule has 0 spiro atoms. The highest BCUT2D eigenvalue weighted by molar-refractivity contribution is 6.08. The van der Waals surface area contributed by atoms with Crippen LogP contribution in [0.3, 0.4) is 0 Å². The predicted molar refractivity (Wildman–Crippen MR) is 107 cm³/mol. The third-order valence-corrected chi connectivity index (χ3v) is 5.38. The van der Waals surface area contributed by atoms with E-state index in [0.717, 1.165) is 36.1 Å². The van der Waals surface area contributed by atoms with Gasteiger partial charge in [-0.15, -0.1) is 0 Å². The highest BCUT2D eigenvalue weighted by Crippen LogP contribution is 2.37. The maximum Gasteiger partial charge on any atom is 0.244 e. The summed E-state index contributed by atoms with van der Waals surface area (Å²) in [6.45, 7) is -0.242. The van der Waals surface area contributed by atoms with Gasteiger partial charge in [-0.2, -0.15) is 0 Å². The summed E-state index contributed by atoms with van der Waals surface area (Å²) in [6, 6.07) is 12.6. The van der Waals surface area contributed by atoms with Crippen LogP contribution in [0.5, 0.6) is 0 Å². The molecule has 0 bridgehead atoms. The molecule has 1 aromatic heterocycles. The number of nitrogens with one attached hydrogen (secondary N) is 1. The molecule has 0 radical (unpaired) electrons. The number of carbonyl (C=O) groups is 3. The van der Waals surface area contributed by atoms with Crippen LogP contribution in [-0.4, -0.2) is 34.2 Å². The smallest absolute Gasteiger partial charge is 0.244 e. The molecule has 1 N–H and O–H groups in total. The summed E-state index contributed by atoms with van der Waals surface area (Å²) in [5.74, 6) is 4.70. The Morgan fingerprint density at radius 2 is 1.79 bits per heavy atom. The van der Waals surface area contributed by atoms with Crippen molar-refractivity contribution in [3.05, 3.63) is 59.9 Å². The monoisotopic (exact) mass is 387 g/mol. The highest BCUT2D eigenvalue weighted by Gasteiger charge is 2.48. The van der Waals surface area contributed by atoms with Gasteiger partial charge < -0.3 is 5.32 Å². The van der Waals surface area contributed by atoms with Crippen molar-refractivity contribution in [2.75, 3.05) is 11.9 Å². The summed E-state index contributed by atoms with van der Waals surface area (Å²) >= 11 is 0. The van der Waals surface area contributed by atoms with Crippen molar-refractivity contribution < 1.29 is 14.4 Å². The van der Waals surface area contributed by atoms with E-state index in [1.165, 1.54) is 0 Å². The molecule has 6 nitrogen and oxygen atoms in total. The molecular formula is C23H21N3O3. The first kappa shape index (κ1) is 18.9. The Morgan fingerprint density at radius 1 is 1.03 bits per heavy atom. The largest absolute Gasteiger partial charge is 0.324 e. The fourth-order valence-electron chi connectivity index (χ4n) is 3.98. The molecule has 29 heavy (non-hydrogen) atoms. The number of aromatic nitrogens is 1. The van der Waals surface area contributed by atoms with Crippen LogP contribution in [0.2, 0.25) is 0 Å². The van der Waals surface area contributed by atoms with Crippen LogP contribution in [-0.2, 0) is 14.4 Å². The van der Waals surface area contributed by atoms with E-state index in [1.54, 1.807) is 24.4 Å². The van der Waals surface area contributed by atoms with Gasteiger partial charge in [0, 0.05) is 17.4 Å². The minimum absolute atomic E-state index is 0.204. The second kappa shape index (κ2) is 8.27. The molecule has 146 valence electrons. The molecule has 6 heteroatoms. The second-order valence-corrected chi connectivity index (χ2v) is 7.35. The number of benzene rings is 1. The third-order valence-electron chi connectivity index (χ3n) is 5.38. The summed E-state index contributed by atoms with van der Waals surface area (Å²) in [4.78, 5) is 42.8. The fraction of sp³-hybridized carbons (Fsp3) is 0.304. The predicted octanol–water partition coefficient (Wildman–Crippen LogP) is 2.60. The van der Waals surface area contributed by atoms with E-state index in [0.29, 0.717) is 11.4 Å². The zero-order valence-corrected chi connectivity index (χ0v) is 15.9. The lowest BCUT2D eigenvalue weighted by Crippen LogP contribution is -2.38. The molecular weight excluding hydrogens is 366 g/mol. The SMILES string of the molecule is O=C(CN1C(=O)C2CCCCC2C1=O)Nc1cccc(C#Cc2ccccn2)c1. The lowest BCUT2D eigenvalue weighted by molar-refractivity contribution is -0.142. The first-order valence-electron chi connectivity index (χ1n) is 9.80. The van der Waals surface area contributed by atoms with Gasteiger partial charge >= 0.3 is 0 Å². The van der Waals surface area contributed by atoms with E-state index in [9.17, 15) is 14.4 Å². The van der Waals surface area contributed by atoms with E-state index in [4.69, 9.17) is 0 Å². The maximum atomic E-state index is 12.5. The van der Waals surface area contributed by atoms with Crippen LogP contribution < -0.4 is 5.32 Å². The maximum absolute atomic E-state index is 12.5. The Kier molecular flexibility index (Phi) is 5.39. The summed E-state index contributed by atoms with van der Waals surface area (Å²) < 4.78 is 0. The second-order valence-electron chi connectivity index (χ2n) is 7.35. The van der Waals surface area contributed by atoms with Gasteiger partial charge in [-0.05, 0) is 49.1 Å². The third kappa shape index (κ3) is 4.19. The van der Waals surface area contributed by atoms with Crippen molar-refractivity contribution in [3.63, 3.8) is 0 Å². The number of hydrogen-bond donors (Lipinski definition) is 1. The molecule has 2 unspecified atom stereocenters. The van der Waals surface area contributed by atoms with Crippen molar-refractivity contribution in [1.82, 2.24) is 9.88 Å². The number of fused-ring (bicyclic) bond motifs is 1. The Balaban J connectivity index is 1.41. The quantitative estimate of drug-likeness (QED) is 0.649. The topological polar surface area (TPSA) is 79.4 Å². The zero-order chi connectivity index (χ0) is 20.2. The van der Waals surface area contributed by atoms with Crippen LogP contribution >= 0.6 is 0 Å². The van der Waals surface area contributed by atoms with Gasteiger partial charge in [0.25, 0.3) is 0 Å². The van der Waals surface area contributed by atoms with Crippen LogP contribution in [0.25, 0.3) is 0 Å². The number of amides is 3. The van der Waals surface area contributed by atoms with E-state index < -0.39 is 0 Å². The molecule has 1 aromatic carbocycles. The van der Waals surface area contributed by atoms with Gasteiger partial charge in [0.05, 0.1) is 11.8 Å². The summed E-state index contributed by atoms with van der Waals surface area (Å²) in [5, 5.41) is 2.76. The minimum atomic E-state index is -0.389. The minimum Gasteiger partial charge on any atom is -0.324 e. The first-order valence-corrected chi connectivity index (χ1v) is 9.80. The average molecular weight is 387 g/mol. The molecule has 2 atom stereocenters. The van der Waals surface area contributed by atoms with Crippen LogP contribution in [0.1, 0.15) is 36.9 Å². The van der Waals surface area contributed by atoms with Gasteiger partial charge in [-0.3, -0.25) is 19.3 Å². The molecule has 1 saturated heterocycles. The average Bonchev–Trinajstić information content (AvgIpc) is 2.98. The van der Waals surface area contributed by atoms with Crippen molar-refractivity contribution in [3.8, 4) is 11.8 Å². The van der Waals surface area contributed by atoms with Crippen molar-refractivity contribution in [1.29, 1.82) is 0 Å². The summed E-state index contributed by atoms with van der Waals surface area (Å²) in [7, 11) is 0. The normalized spacial score (nSPS) is 20.6. The van der Waals surface area contributed by atoms with Gasteiger partial charge in [0.2, 0.25) is 17.7 Å². The van der Waals surface area contributed by atoms with E-state index in [1.807, 2.05) is 24.3 Å². The zero-order valence-electron chi connectivity index (χ0n) is 15.9. The molecule has 1 aliphatic heterocycles. The Bertz CT molecular complexity index is 983. The van der Waals surface area contributed by atoms with Gasteiger partial charge in [0.15, 0.2) is 0 Å². The van der Waals surface area contributed by atoms with E-state index in [-0.39, 0.29) is 36.1 Å². The number of imide groups is 1. The molecule has 1 saturated carbocycles. The fourth-order valence-corrected chi connectivity index (χ4v) is 3.98. The summed E-state index contributed by atoms with van der Waals surface area (Å²) in [6.07, 6.45) is 5.09. The molecule has 2 fully saturated rings. The van der Waals surface area contributed by atoms with Gasteiger partial charge in [-0.1, -0.05) is 30.9 Å². The molecule has 2 aliphatic rings. The number of nitrogens with zero attached hydrogens (tertiary/aromatic N) is 2. The van der Waals surface area contributed by atoms with Crippen LogP contribution in [0.15, 0.2) is 48.7 Å². The molecule has 2 heterocycles. The van der Waals surface area contributed by atoms with Crippen molar-refractivity contribution >= 4 is 23.4 Å². The van der Waals surface area contributed by atoms with Crippen LogP contribution in [0, 0.1) is 23.7 Å². The molecule has 3 amide bonds. The number of rotatable bonds is 3. The Hall–Kier alpha value is -3.46. The lowest BCUT2D eigenvalue weighted by Gasteiger charge is -2.19. The van der Waals surface area contributed by atoms with E-state index >= 15 is 0 Å². The molecule has 2 aromatic rings. The van der Waals surface area contributed by atoms with E-state index in [2.05, 4.69) is 22.1 Å². The number of likely N-dealkylation sites (tertiary alicyclic amines) is 1. The highest BCUT2D eigenvalue weighted by atomic mass is 16.2. The van der Waals surface area contributed by atoms with Gasteiger partial charge in [0.1, 0.15) is 12.2 Å². The standard InChI is InChI=1S/C23H21N3O3/c27-21(15-26-22(28)19-9-1-2-10-20(19)23(26)29)25-18-8-5-6-16(14-18)11-12-17-7-3-4-13-24-17/h3-8,13-14,19-20H,1-2,9-10,15H2,(H,25,27). The van der Waals surface area contributed by atoms with Crippen molar-refractivity contribution in [2.45, 2.75) is 25.7 Å². The summed E-state index contributed by atoms with van der Waals surface area (Å²) in [5.41, 5.74) is 1.96. The number of carbonyl (C=O) groups excluding carboxylic acids is 3. The first-order chi connectivity index (χ1) is 14.1. The molecule has 1 aliphatic carbocycles.